The molecular weight excluding hydrogens is 490 g/mol. The molecule has 39 heavy (non-hydrogen) atoms. The Kier molecular flexibility index (Phi) is 6.35. The first-order valence-electron chi connectivity index (χ1n) is 13.2. The van der Waals surface area contributed by atoms with Crippen molar-refractivity contribution in [1.82, 2.24) is 9.47 Å². The van der Waals surface area contributed by atoms with Gasteiger partial charge in [0, 0.05) is 18.3 Å². The number of carbonyl (C=O) groups is 2. The minimum Gasteiger partial charge on any atom is -0.497 e. The van der Waals surface area contributed by atoms with Crippen LogP contribution in [0.1, 0.15) is 46.1 Å². The number of aromatic nitrogens is 1. The first-order chi connectivity index (χ1) is 19.0. The van der Waals surface area contributed by atoms with Gasteiger partial charge in [-0.05, 0) is 61.7 Å². The van der Waals surface area contributed by atoms with Gasteiger partial charge in [-0.25, -0.2) is 0 Å². The highest BCUT2D eigenvalue weighted by atomic mass is 16.5. The van der Waals surface area contributed by atoms with E-state index in [1.165, 1.54) is 7.11 Å². The topological polar surface area (TPSA) is 64.0 Å². The summed E-state index contributed by atoms with van der Waals surface area (Å²) in [6.45, 7) is 2.03. The highest BCUT2D eigenvalue weighted by Gasteiger charge is 2.40. The second kappa shape index (κ2) is 9.98. The highest BCUT2D eigenvalue weighted by molar-refractivity contribution is 6.04. The Labute approximate surface area is 228 Å². The van der Waals surface area contributed by atoms with Crippen molar-refractivity contribution in [3.8, 4) is 17.2 Å². The number of ether oxygens (including phenoxy) is 2. The Bertz CT molecular complexity index is 1550. The van der Waals surface area contributed by atoms with Crippen LogP contribution in [0.2, 0.25) is 0 Å². The van der Waals surface area contributed by atoms with Gasteiger partial charge in [-0.3, -0.25) is 14.5 Å². The van der Waals surface area contributed by atoms with E-state index in [4.69, 9.17) is 9.47 Å². The quantitative estimate of drug-likeness (QED) is 0.320. The molecule has 6 rings (SSSR count). The molecule has 2 aliphatic rings. The van der Waals surface area contributed by atoms with E-state index in [9.17, 15) is 9.59 Å². The van der Waals surface area contributed by atoms with Gasteiger partial charge in [0.05, 0.1) is 36.9 Å². The van der Waals surface area contributed by atoms with E-state index in [1.807, 2.05) is 47.5 Å². The standard InChI is InChI=1S/C32H31N3O4/c1-21-8-6-9-22(18-21)31-28-12-7-17-33(28)26-10-4-5-11-27(26)35(31)30(36)20-34(23-13-14-23)32(37)25-16-15-24(38-2)19-29(25)39-3/h4-12,15-19,23,31H,13-14,20H2,1-3H3. The number of hydrogen-bond acceptors (Lipinski definition) is 4. The minimum atomic E-state index is -0.325. The fraction of sp³-hybridized carbons (Fsp3) is 0.250. The van der Waals surface area contributed by atoms with E-state index in [-0.39, 0.29) is 30.4 Å². The van der Waals surface area contributed by atoms with Crippen LogP contribution in [-0.4, -0.2) is 48.1 Å². The number of fused-ring (bicyclic) bond motifs is 3. The summed E-state index contributed by atoms with van der Waals surface area (Å²) in [5.74, 6) is 0.683. The Morgan fingerprint density at radius 2 is 1.69 bits per heavy atom. The molecule has 1 aliphatic heterocycles. The smallest absolute Gasteiger partial charge is 0.258 e. The molecule has 1 saturated carbocycles. The lowest BCUT2D eigenvalue weighted by Crippen LogP contribution is -2.47. The van der Waals surface area contributed by atoms with E-state index < -0.39 is 0 Å². The predicted octanol–water partition coefficient (Wildman–Crippen LogP) is 5.54. The van der Waals surface area contributed by atoms with Gasteiger partial charge < -0.3 is 18.9 Å². The maximum Gasteiger partial charge on any atom is 0.258 e. The Morgan fingerprint density at radius 3 is 2.41 bits per heavy atom. The van der Waals surface area contributed by atoms with Crippen LogP contribution in [-0.2, 0) is 4.79 Å². The largest absolute Gasteiger partial charge is 0.497 e. The van der Waals surface area contributed by atoms with Crippen molar-refractivity contribution in [1.29, 1.82) is 0 Å². The second-order valence-corrected chi connectivity index (χ2v) is 10.1. The number of amides is 2. The Balaban J connectivity index is 1.40. The van der Waals surface area contributed by atoms with Gasteiger partial charge in [-0.2, -0.15) is 0 Å². The summed E-state index contributed by atoms with van der Waals surface area (Å²) in [6, 6.07) is 25.1. The monoisotopic (exact) mass is 521 g/mol. The molecule has 0 N–H and O–H groups in total. The molecule has 198 valence electrons. The highest BCUT2D eigenvalue weighted by Crippen LogP contribution is 2.43. The van der Waals surface area contributed by atoms with Gasteiger partial charge in [0.1, 0.15) is 24.1 Å². The van der Waals surface area contributed by atoms with Crippen LogP contribution in [0.25, 0.3) is 5.69 Å². The van der Waals surface area contributed by atoms with E-state index in [0.29, 0.717) is 17.1 Å². The van der Waals surface area contributed by atoms with E-state index >= 15 is 0 Å². The predicted molar refractivity (Wildman–Crippen MR) is 150 cm³/mol. The zero-order valence-corrected chi connectivity index (χ0v) is 22.3. The molecule has 1 aliphatic carbocycles. The molecule has 2 heterocycles. The van der Waals surface area contributed by atoms with Crippen LogP contribution < -0.4 is 14.4 Å². The average Bonchev–Trinajstić information content (AvgIpc) is 3.69. The van der Waals surface area contributed by atoms with Crippen molar-refractivity contribution in [3.63, 3.8) is 0 Å². The Morgan fingerprint density at radius 1 is 0.897 bits per heavy atom. The number of benzene rings is 3. The second-order valence-electron chi connectivity index (χ2n) is 10.1. The number of hydrogen-bond donors (Lipinski definition) is 0. The maximum atomic E-state index is 14.4. The van der Waals surface area contributed by atoms with Crippen LogP contribution in [0.3, 0.4) is 0 Å². The third-order valence-electron chi connectivity index (χ3n) is 7.54. The molecule has 0 spiro atoms. The normalized spacial score (nSPS) is 15.8. The molecule has 3 aromatic carbocycles. The van der Waals surface area contributed by atoms with Crippen LogP contribution >= 0.6 is 0 Å². The molecule has 0 radical (unpaired) electrons. The van der Waals surface area contributed by atoms with Crippen LogP contribution in [0.15, 0.2) is 85.1 Å². The first-order valence-corrected chi connectivity index (χ1v) is 13.2. The summed E-state index contributed by atoms with van der Waals surface area (Å²) in [5, 5.41) is 0. The number of anilines is 1. The molecular formula is C32H31N3O4. The van der Waals surface area contributed by atoms with Crippen LogP contribution in [0, 0.1) is 6.92 Å². The SMILES string of the molecule is COc1ccc(C(=O)N(CC(=O)N2c3ccccc3-n3cccc3C2c2cccc(C)c2)C2CC2)c(OC)c1. The average molecular weight is 522 g/mol. The number of carbonyl (C=O) groups excluding carboxylic acids is 2. The molecule has 1 unspecified atom stereocenters. The van der Waals surface area contributed by atoms with Crippen molar-refractivity contribution in [3.05, 3.63) is 107 Å². The number of nitrogens with zero attached hydrogens (tertiary/aromatic N) is 3. The number of para-hydroxylation sites is 2. The van der Waals surface area contributed by atoms with Gasteiger partial charge in [-0.15, -0.1) is 0 Å². The lowest BCUT2D eigenvalue weighted by Gasteiger charge is -2.39. The molecule has 7 nitrogen and oxygen atoms in total. The number of rotatable bonds is 7. The third-order valence-corrected chi connectivity index (χ3v) is 7.54. The van der Waals surface area contributed by atoms with Gasteiger partial charge >= 0.3 is 0 Å². The summed E-state index contributed by atoms with van der Waals surface area (Å²) in [5.41, 5.74) is 5.34. The summed E-state index contributed by atoms with van der Waals surface area (Å²) in [7, 11) is 3.10. The van der Waals surface area contributed by atoms with Gasteiger partial charge in [0.25, 0.3) is 5.91 Å². The molecule has 7 heteroatoms. The molecule has 2 amide bonds. The van der Waals surface area contributed by atoms with Crippen LogP contribution in [0.4, 0.5) is 5.69 Å². The molecule has 4 aromatic rings. The summed E-state index contributed by atoms with van der Waals surface area (Å²) in [4.78, 5) is 31.8. The summed E-state index contributed by atoms with van der Waals surface area (Å²) >= 11 is 0. The number of aryl methyl sites for hydroxylation is 1. The molecule has 1 aromatic heterocycles. The fourth-order valence-corrected chi connectivity index (χ4v) is 5.52. The molecule has 1 atom stereocenters. The van der Waals surface area contributed by atoms with Crippen molar-refractivity contribution < 1.29 is 19.1 Å². The third kappa shape index (κ3) is 4.44. The lowest BCUT2D eigenvalue weighted by atomic mass is 9.96. The Hall–Kier alpha value is -4.52. The van der Waals surface area contributed by atoms with E-state index in [1.54, 1.807) is 30.2 Å². The zero-order chi connectivity index (χ0) is 27.1. The van der Waals surface area contributed by atoms with Crippen molar-refractivity contribution >= 4 is 17.5 Å². The maximum absolute atomic E-state index is 14.4. The molecule has 1 fully saturated rings. The van der Waals surface area contributed by atoms with Gasteiger partial charge in [0.15, 0.2) is 0 Å². The van der Waals surface area contributed by atoms with Crippen molar-refractivity contribution in [2.45, 2.75) is 31.8 Å². The molecule has 0 saturated heterocycles. The van der Waals surface area contributed by atoms with Crippen molar-refractivity contribution in [2.75, 3.05) is 25.7 Å². The fourth-order valence-electron chi connectivity index (χ4n) is 5.52. The van der Waals surface area contributed by atoms with Gasteiger partial charge in [-0.1, -0.05) is 42.0 Å². The van der Waals surface area contributed by atoms with E-state index in [0.717, 1.165) is 41.0 Å². The van der Waals surface area contributed by atoms with Crippen LogP contribution in [0.5, 0.6) is 11.5 Å². The number of methoxy groups -OCH3 is 2. The van der Waals surface area contributed by atoms with E-state index in [2.05, 4.69) is 35.8 Å². The molecule has 0 bridgehead atoms. The summed E-state index contributed by atoms with van der Waals surface area (Å²) < 4.78 is 13.0. The lowest BCUT2D eigenvalue weighted by molar-refractivity contribution is -0.119. The first kappa shape index (κ1) is 24.8. The zero-order valence-electron chi connectivity index (χ0n) is 22.3. The summed E-state index contributed by atoms with van der Waals surface area (Å²) in [6.07, 6.45) is 3.78. The van der Waals surface area contributed by atoms with Crippen molar-refractivity contribution in [2.24, 2.45) is 0 Å². The van der Waals surface area contributed by atoms with Gasteiger partial charge in [0.2, 0.25) is 5.91 Å². The minimum absolute atomic E-state index is 0.0228.